The fourth-order valence-corrected chi connectivity index (χ4v) is 3.04. The molecule has 15 heavy (non-hydrogen) atoms. The first-order valence-electron chi connectivity index (χ1n) is 6.47. The van der Waals surface area contributed by atoms with Crippen molar-refractivity contribution >= 4 is 0 Å². The van der Waals surface area contributed by atoms with Gasteiger partial charge in [-0.25, -0.2) is 0 Å². The summed E-state index contributed by atoms with van der Waals surface area (Å²) in [6, 6.07) is 1.20. The molecule has 2 fully saturated rings. The molecule has 2 unspecified atom stereocenters. The summed E-state index contributed by atoms with van der Waals surface area (Å²) in [4.78, 5) is 2.55. The second-order valence-electron chi connectivity index (χ2n) is 6.10. The van der Waals surface area contributed by atoms with E-state index in [1.807, 2.05) is 0 Å². The maximum atomic E-state index is 10.1. The lowest BCUT2D eigenvalue weighted by molar-refractivity contribution is -0.0188. The molecule has 0 radical (unpaired) electrons. The van der Waals surface area contributed by atoms with Crippen molar-refractivity contribution < 1.29 is 5.11 Å². The van der Waals surface area contributed by atoms with E-state index in [2.05, 4.69) is 25.7 Å². The minimum Gasteiger partial charge on any atom is -0.391 e. The van der Waals surface area contributed by atoms with E-state index in [1.165, 1.54) is 25.7 Å². The lowest BCUT2D eigenvalue weighted by atomic mass is 9.73. The molecule has 2 nitrogen and oxygen atoms in total. The first-order valence-corrected chi connectivity index (χ1v) is 6.47. The molecule has 0 heterocycles. The van der Waals surface area contributed by atoms with Crippen LogP contribution in [0.25, 0.3) is 0 Å². The van der Waals surface area contributed by atoms with Crippen LogP contribution in [0.1, 0.15) is 52.9 Å². The smallest absolute Gasteiger partial charge is 0.0695 e. The van der Waals surface area contributed by atoms with E-state index < -0.39 is 0 Å². The van der Waals surface area contributed by atoms with Crippen molar-refractivity contribution in [3.63, 3.8) is 0 Å². The Morgan fingerprint density at radius 1 is 1.27 bits per heavy atom. The molecule has 1 N–H and O–H groups in total. The van der Waals surface area contributed by atoms with E-state index in [9.17, 15) is 5.11 Å². The van der Waals surface area contributed by atoms with Crippen molar-refractivity contribution in [2.75, 3.05) is 6.54 Å². The summed E-state index contributed by atoms with van der Waals surface area (Å²) >= 11 is 0. The number of hydrogen-bond acceptors (Lipinski definition) is 2. The van der Waals surface area contributed by atoms with Gasteiger partial charge in [-0.2, -0.15) is 0 Å². The number of nitrogens with zero attached hydrogens (tertiary/aromatic N) is 1. The molecule has 2 aliphatic rings. The Balaban J connectivity index is 2.03. The normalized spacial score (nSPS) is 35.8. The van der Waals surface area contributed by atoms with Gasteiger partial charge >= 0.3 is 0 Å². The van der Waals surface area contributed by atoms with E-state index in [4.69, 9.17) is 0 Å². The van der Waals surface area contributed by atoms with E-state index in [0.717, 1.165) is 19.0 Å². The van der Waals surface area contributed by atoms with Crippen molar-refractivity contribution in [2.24, 2.45) is 5.41 Å². The number of aliphatic hydroxyl groups excluding tert-OH is 1. The molecule has 2 aliphatic carbocycles. The van der Waals surface area contributed by atoms with Crippen molar-refractivity contribution in [1.82, 2.24) is 4.90 Å². The standard InChI is InChI=1S/C13H25NO/c1-4-14(10-5-6-10)11-9-13(2,3)8-7-12(11)15/h10-12,15H,4-9H2,1-3H3. The van der Waals surface area contributed by atoms with Crippen molar-refractivity contribution in [2.45, 2.75) is 71.1 Å². The minimum absolute atomic E-state index is 0.0847. The molecule has 2 atom stereocenters. The summed E-state index contributed by atoms with van der Waals surface area (Å²) in [6.07, 6.45) is 5.93. The van der Waals surface area contributed by atoms with Crippen LogP contribution in [-0.2, 0) is 0 Å². The molecule has 0 aromatic rings. The number of hydrogen-bond donors (Lipinski definition) is 1. The number of aliphatic hydroxyl groups is 1. The van der Waals surface area contributed by atoms with Crippen LogP contribution in [0.4, 0.5) is 0 Å². The van der Waals surface area contributed by atoms with E-state index in [1.54, 1.807) is 0 Å². The van der Waals surface area contributed by atoms with Gasteiger partial charge in [0.2, 0.25) is 0 Å². The minimum atomic E-state index is -0.0847. The van der Waals surface area contributed by atoms with Crippen LogP contribution in [0, 0.1) is 5.41 Å². The van der Waals surface area contributed by atoms with E-state index >= 15 is 0 Å². The largest absolute Gasteiger partial charge is 0.391 e. The molecular weight excluding hydrogens is 186 g/mol. The van der Waals surface area contributed by atoms with Crippen molar-refractivity contribution in [3.8, 4) is 0 Å². The Kier molecular flexibility index (Phi) is 3.09. The van der Waals surface area contributed by atoms with E-state index in [-0.39, 0.29) is 6.10 Å². The van der Waals surface area contributed by atoms with Crippen LogP contribution < -0.4 is 0 Å². The molecule has 88 valence electrons. The predicted octanol–water partition coefficient (Wildman–Crippen LogP) is 2.41. The van der Waals surface area contributed by atoms with Crippen LogP contribution in [0.3, 0.4) is 0 Å². The molecular formula is C13H25NO. The lowest BCUT2D eigenvalue weighted by Crippen LogP contribution is -2.50. The fraction of sp³-hybridized carbons (Fsp3) is 1.00. The van der Waals surface area contributed by atoms with Gasteiger partial charge in [0, 0.05) is 12.1 Å². The van der Waals surface area contributed by atoms with Gasteiger partial charge in [-0.15, -0.1) is 0 Å². The van der Waals surface area contributed by atoms with Gasteiger partial charge in [-0.3, -0.25) is 4.90 Å². The topological polar surface area (TPSA) is 23.5 Å². The molecule has 2 rings (SSSR count). The third-order valence-electron chi connectivity index (χ3n) is 4.13. The molecule has 0 aromatic carbocycles. The Morgan fingerprint density at radius 2 is 1.93 bits per heavy atom. The SMILES string of the molecule is CCN(C1CC1)C1CC(C)(C)CCC1O. The van der Waals surface area contributed by atoms with Gasteiger partial charge in [0.15, 0.2) is 0 Å². The Hall–Kier alpha value is -0.0800. The second-order valence-corrected chi connectivity index (χ2v) is 6.10. The first kappa shape index (κ1) is 11.4. The van der Waals surface area contributed by atoms with Gasteiger partial charge in [-0.05, 0) is 44.1 Å². The second kappa shape index (κ2) is 4.06. The van der Waals surface area contributed by atoms with Crippen LogP contribution in [-0.4, -0.2) is 34.7 Å². The molecule has 0 bridgehead atoms. The third-order valence-corrected chi connectivity index (χ3v) is 4.13. The highest BCUT2D eigenvalue weighted by Crippen LogP contribution is 2.40. The monoisotopic (exact) mass is 211 g/mol. The van der Waals surface area contributed by atoms with Gasteiger partial charge in [0.05, 0.1) is 6.10 Å². The zero-order valence-electron chi connectivity index (χ0n) is 10.4. The molecule has 0 aliphatic heterocycles. The first-order chi connectivity index (χ1) is 7.03. The van der Waals surface area contributed by atoms with Crippen molar-refractivity contribution in [3.05, 3.63) is 0 Å². The fourth-order valence-electron chi connectivity index (χ4n) is 3.04. The Morgan fingerprint density at radius 3 is 2.47 bits per heavy atom. The lowest BCUT2D eigenvalue weighted by Gasteiger charge is -2.44. The highest BCUT2D eigenvalue weighted by molar-refractivity contribution is 4.96. The highest BCUT2D eigenvalue weighted by atomic mass is 16.3. The van der Waals surface area contributed by atoms with E-state index in [0.29, 0.717) is 11.5 Å². The average molecular weight is 211 g/mol. The molecule has 0 saturated heterocycles. The summed E-state index contributed by atoms with van der Waals surface area (Å²) in [5.74, 6) is 0. The predicted molar refractivity (Wildman–Crippen MR) is 62.8 cm³/mol. The third kappa shape index (κ3) is 2.54. The summed E-state index contributed by atoms with van der Waals surface area (Å²) < 4.78 is 0. The van der Waals surface area contributed by atoms with Gasteiger partial charge in [0.1, 0.15) is 0 Å². The van der Waals surface area contributed by atoms with Gasteiger partial charge in [0.25, 0.3) is 0 Å². The maximum absolute atomic E-state index is 10.1. The van der Waals surface area contributed by atoms with Crippen LogP contribution in [0.2, 0.25) is 0 Å². The summed E-state index contributed by atoms with van der Waals surface area (Å²) in [6.45, 7) is 8.01. The molecule has 0 spiro atoms. The number of likely N-dealkylation sites (N-methyl/N-ethyl adjacent to an activating group) is 1. The average Bonchev–Trinajstić information content (AvgIpc) is 2.96. The quantitative estimate of drug-likeness (QED) is 0.775. The maximum Gasteiger partial charge on any atom is 0.0695 e. The van der Waals surface area contributed by atoms with Crippen LogP contribution in [0.15, 0.2) is 0 Å². The van der Waals surface area contributed by atoms with Crippen molar-refractivity contribution in [1.29, 1.82) is 0 Å². The molecule has 0 amide bonds. The zero-order valence-corrected chi connectivity index (χ0v) is 10.4. The molecule has 2 saturated carbocycles. The number of rotatable bonds is 3. The molecule has 2 heteroatoms. The molecule has 0 aromatic heterocycles. The van der Waals surface area contributed by atoms with Gasteiger partial charge < -0.3 is 5.11 Å². The van der Waals surface area contributed by atoms with Gasteiger partial charge in [-0.1, -0.05) is 20.8 Å². The van der Waals surface area contributed by atoms with Crippen LogP contribution in [0.5, 0.6) is 0 Å². The Labute approximate surface area is 93.7 Å². The zero-order chi connectivity index (χ0) is 11.1. The van der Waals surface area contributed by atoms with Crippen LogP contribution >= 0.6 is 0 Å². The highest BCUT2D eigenvalue weighted by Gasteiger charge is 2.41. The summed E-state index contributed by atoms with van der Waals surface area (Å²) in [5, 5.41) is 10.1. The summed E-state index contributed by atoms with van der Waals surface area (Å²) in [7, 11) is 0. The summed E-state index contributed by atoms with van der Waals surface area (Å²) in [5.41, 5.74) is 0.423. The Bertz CT molecular complexity index is 223.